The van der Waals surface area contributed by atoms with Crippen LogP contribution in [-0.2, 0) is 0 Å². The van der Waals surface area contributed by atoms with E-state index in [1.807, 2.05) is 6.07 Å². The molecule has 0 saturated heterocycles. The average molecular weight is 394 g/mol. The van der Waals surface area contributed by atoms with Gasteiger partial charge in [-0.15, -0.1) is 0 Å². The first-order chi connectivity index (χ1) is 8.95. The van der Waals surface area contributed by atoms with Gasteiger partial charge in [0, 0.05) is 23.0 Å². The lowest BCUT2D eigenvalue weighted by atomic mass is 9.91. The van der Waals surface area contributed by atoms with E-state index in [1.165, 1.54) is 6.08 Å². The van der Waals surface area contributed by atoms with E-state index in [0.29, 0.717) is 16.7 Å². The Labute approximate surface area is 127 Å². The number of pyridine rings is 1. The summed E-state index contributed by atoms with van der Waals surface area (Å²) in [6.07, 6.45) is 2.95. The van der Waals surface area contributed by atoms with Crippen molar-refractivity contribution in [3.8, 4) is 0 Å². The van der Waals surface area contributed by atoms with Gasteiger partial charge >= 0.3 is 0 Å². The van der Waals surface area contributed by atoms with Crippen molar-refractivity contribution in [2.45, 2.75) is 18.9 Å². The van der Waals surface area contributed by atoms with Gasteiger partial charge in [0.2, 0.25) is 0 Å². The van der Waals surface area contributed by atoms with Crippen LogP contribution in [0, 0.1) is 5.92 Å². The Morgan fingerprint density at radius 1 is 1.37 bits per heavy atom. The quantitative estimate of drug-likeness (QED) is 0.754. The topological polar surface area (TPSA) is 38.9 Å². The molecule has 1 aromatic heterocycles. The number of aromatic nitrogens is 1. The van der Waals surface area contributed by atoms with Crippen molar-refractivity contribution in [3.05, 3.63) is 50.7 Å². The number of rotatable bonds is 3. The third kappa shape index (κ3) is 3.94. The largest absolute Gasteiger partial charge is 0.323 e. The van der Waals surface area contributed by atoms with Crippen LogP contribution in [0.1, 0.15) is 24.6 Å². The number of allylic oxidation sites excluding steroid dienone is 4. The van der Waals surface area contributed by atoms with Crippen molar-refractivity contribution in [1.29, 1.82) is 0 Å². The third-order valence-corrected chi connectivity index (χ3v) is 4.01. The molecule has 2 atom stereocenters. The molecule has 0 bridgehead atoms. The molecule has 2 unspecified atom stereocenters. The van der Waals surface area contributed by atoms with Gasteiger partial charge in [0.05, 0.1) is 5.69 Å². The number of halogens is 4. The Kier molecular flexibility index (Phi) is 4.86. The Morgan fingerprint density at radius 3 is 2.79 bits per heavy atom. The van der Waals surface area contributed by atoms with Crippen molar-refractivity contribution >= 4 is 31.9 Å². The highest BCUT2D eigenvalue weighted by Crippen LogP contribution is 2.32. The molecular weight excluding hydrogens is 382 g/mol. The molecule has 1 heterocycles. The highest BCUT2D eigenvalue weighted by atomic mass is 79.9. The van der Waals surface area contributed by atoms with Crippen molar-refractivity contribution in [2.24, 2.45) is 11.7 Å². The van der Waals surface area contributed by atoms with E-state index in [0.717, 1.165) is 10.5 Å². The molecule has 1 aliphatic carbocycles. The minimum Gasteiger partial charge on any atom is -0.323 e. The summed E-state index contributed by atoms with van der Waals surface area (Å²) in [5.74, 6) is -1.23. The number of hydrogen-bond donors (Lipinski definition) is 1. The van der Waals surface area contributed by atoms with Crippen LogP contribution >= 0.6 is 31.9 Å². The number of nitrogens with zero attached hydrogens (tertiary/aromatic N) is 1. The lowest BCUT2D eigenvalue weighted by Crippen LogP contribution is -2.17. The van der Waals surface area contributed by atoms with Crippen molar-refractivity contribution in [1.82, 2.24) is 4.98 Å². The standard InChI is InChI=1S/C13H12Br2F2N2/c14-10-1-2-12(15)19-13(10)11(18)5-7-3-8(16)6-9(17)4-7/h1-3,6-7,11H,4-5,18H2. The van der Waals surface area contributed by atoms with Crippen LogP contribution < -0.4 is 5.73 Å². The molecule has 19 heavy (non-hydrogen) atoms. The predicted octanol–water partition coefficient (Wildman–Crippen LogP) is 4.72. The minimum atomic E-state index is -0.540. The van der Waals surface area contributed by atoms with E-state index < -0.39 is 11.7 Å². The molecule has 1 aromatic rings. The van der Waals surface area contributed by atoms with Crippen LogP contribution in [0.25, 0.3) is 0 Å². The molecular formula is C13H12Br2F2N2. The molecule has 0 amide bonds. The normalized spacial score (nSPS) is 20.8. The fourth-order valence-corrected chi connectivity index (χ4v) is 2.91. The summed E-state index contributed by atoms with van der Waals surface area (Å²) in [6.45, 7) is 0. The maximum Gasteiger partial charge on any atom is 0.122 e. The third-order valence-electron chi connectivity index (χ3n) is 2.89. The molecule has 2 nitrogen and oxygen atoms in total. The SMILES string of the molecule is NC(CC1C=C(F)C=C(F)C1)c1nc(Br)ccc1Br. The van der Waals surface area contributed by atoms with Crippen molar-refractivity contribution < 1.29 is 8.78 Å². The van der Waals surface area contributed by atoms with Gasteiger partial charge in [-0.1, -0.05) is 0 Å². The molecule has 1 aliphatic rings. The van der Waals surface area contributed by atoms with Gasteiger partial charge in [0.1, 0.15) is 16.3 Å². The molecule has 0 aliphatic heterocycles. The lowest BCUT2D eigenvalue weighted by Gasteiger charge is -2.20. The second kappa shape index (κ2) is 6.24. The van der Waals surface area contributed by atoms with Crippen LogP contribution in [0.2, 0.25) is 0 Å². The Hall–Kier alpha value is -0.590. The summed E-state index contributed by atoms with van der Waals surface area (Å²) >= 11 is 6.66. The molecule has 0 saturated carbocycles. The molecule has 2 rings (SSSR count). The first-order valence-corrected chi connectivity index (χ1v) is 7.35. The van der Waals surface area contributed by atoms with Crippen LogP contribution in [0.5, 0.6) is 0 Å². The molecule has 0 radical (unpaired) electrons. The second-order valence-electron chi connectivity index (χ2n) is 4.45. The fourth-order valence-electron chi connectivity index (χ4n) is 2.07. The van der Waals surface area contributed by atoms with E-state index in [1.54, 1.807) is 6.07 Å². The van der Waals surface area contributed by atoms with Crippen LogP contribution in [0.4, 0.5) is 8.78 Å². The van der Waals surface area contributed by atoms with E-state index in [2.05, 4.69) is 36.8 Å². The zero-order chi connectivity index (χ0) is 14.0. The molecule has 102 valence electrons. The molecule has 6 heteroatoms. The average Bonchev–Trinajstić information content (AvgIpc) is 2.30. The zero-order valence-electron chi connectivity index (χ0n) is 9.91. The Bertz CT molecular complexity index is 543. The van der Waals surface area contributed by atoms with E-state index in [4.69, 9.17) is 5.73 Å². The minimum absolute atomic E-state index is 0.187. The Balaban J connectivity index is 2.11. The number of nitrogens with two attached hydrogens (primary N) is 1. The highest BCUT2D eigenvalue weighted by molar-refractivity contribution is 9.11. The second-order valence-corrected chi connectivity index (χ2v) is 6.12. The maximum absolute atomic E-state index is 13.2. The van der Waals surface area contributed by atoms with Crippen molar-refractivity contribution in [3.63, 3.8) is 0 Å². The molecule has 0 spiro atoms. The fraction of sp³-hybridized carbons (Fsp3) is 0.308. The van der Waals surface area contributed by atoms with Crippen LogP contribution in [-0.4, -0.2) is 4.98 Å². The zero-order valence-corrected chi connectivity index (χ0v) is 13.1. The van der Waals surface area contributed by atoms with Crippen LogP contribution in [0.3, 0.4) is 0 Å². The van der Waals surface area contributed by atoms with Gasteiger partial charge in [0.15, 0.2) is 0 Å². The monoisotopic (exact) mass is 392 g/mol. The summed E-state index contributed by atoms with van der Waals surface area (Å²) in [7, 11) is 0. The smallest absolute Gasteiger partial charge is 0.122 e. The molecule has 2 N–H and O–H groups in total. The molecule has 0 fully saturated rings. The molecule has 0 aromatic carbocycles. The summed E-state index contributed by atoms with van der Waals surface area (Å²) < 4.78 is 27.8. The van der Waals surface area contributed by atoms with Gasteiger partial charge < -0.3 is 5.73 Å². The maximum atomic E-state index is 13.2. The van der Waals surface area contributed by atoms with Gasteiger partial charge in [-0.2, -0.15) is 0 Å². The first-order valence-electron chi connectivity index (χ1n) is 5.76. The lowest BCUT2D eigenvalue weighted by molar-refractivity contribution is 0.437. The summed E-state index contributed by atoms with van der Waals surface area (Å²) in [5, 5.41) is 0. The van der Waals surface area contributed by atoms with E-state index >= 15 is 0 Å². The van der Waals surface area contributed by atoms with E-state index in [-0.39, 0.29) is 18.4 Å². The summed E-state index contributed by atoms with van der Waals surface area (Å²) in [5.41, 5.74) is 6.76. The predicted molar refractivity (Wildman–Crippen MR) is 77.7 cm³/mol. The summed E-state index contributed by atoms with van der Waals surface area (Å²) in [6, 6.07) is 3.25. The van der Waals surface area contributed by atoms with Gasteiger partial charge in [-0.25, -0.2) is 13.8 Å². The van der Waals surface area contributed by atoms with Gasteiger partial charge in [0.25, 0.3) is 0 Å². The van der Waals surface area contributed by atoms with Gasteiger partial charge in [-0.05, 0) is 62.4 Å². The van der Waals surface area contributed by atoms with E-state index in [9.17, 15) is 8.78 Å². The first kappa shape index (κ1) is 14.8. The highest BCUT2D eigenvalue weighted by Gasteiger charge is 2.21. The van der Waals surface area contributed by atoms with Gasteiger partial charge in [-0.3, -0.25) is 0 Å². The Morgan fingerprint density at radius 2 is 2.11 bits per heavy atom. The van der Waals surface area contributed by atoms with Crippen molar-refractivity contribution in [2.75, 3.05) is 0 Å². The number of hydrogen-bond acceptors (Lipinski definition) is 2. The summed E-state index contributed by atoms with van der Waals surface area (Å²) in [4.78, 5) is 4.30. The van der Waals surface area contributed by atoms with Crippen LogP contribution in [0.15, 0.2) is 45.0 Å².